The number of carbonyl (C=O) groups is 1. The van der Waals surface area contributed by atoms with Gasteiger partial charge >= 0.3 is 0 Å². The average Bonchev–Trinajstić information content (AvgIpc) is 2.97. The highest BCUT2D eigenvalue weighted by atomic mass is 32.2. The molecule has 1 aliphatic heterocycles. The van der Waals surface area contributed by atoms with Gasteiger partial charge in [0.2, 0.25) is 10.0 Å². The minimum Gasteiger partial charge on any atom is -0.299 e. The van der Waals surface area contributed by atoms with E-state index in [1.807, 2.05) is 6.07 Å². The zero-order valence-electron chi connectivity index (χ0n) is 16.5. The maximum atomic E-state index is 13.2. The van der Waals surface area contributed by atoms with E-state index in [-0.39, 0.29) is 17.0 Å². The Labute approximate surface area is 163 Å². The molecule has 4 rings (SSSR count). The largest absolute Gasteiger partial charge is 0.299 e. The van der Waals surface area contributed by atoms with Crippen LogP contribution in [0.1, 0.15) is 51.5 Å². The quantitative estimate of drug-likeness (QED) is 0.772. The average molecular weight is 390 g/mol. The van der Waals surface area contributed by atoms with Gasteiger partial charge in [-0.2, -0.15) is 0 Å². The number of fused-ring (bicyclic) bond motifs is 2. The van der Waals surface area contributed by atoms with Crippen LogP contribution in [0.3, 0.4) is 0 Å². The van der Waals surface area contributed by atoms with E-state index in [0.717, 1.165) is 32.1 Å². The minimum atomic E-state index is -3.40. The van der Waals surface area contributed by atoms with Crippen molar-refractivity contribution in [3.63, 3.8) is 0 Å². The number of ketones is 1. The van der Waals surface area contributed by atoms with Crippen LogP contribution in [0.5, 0.6) is 0 Å². The Kier molecular flexibility index (Phi) is 4.75. The molecule has 0 N–H and O–H groups in total. The van der Waals surface area contributed by atoms with Gasteiger partial charge < -0.3 is 0 Å². The summed E-state index contributed by atoms with van der Waals surface area (Å²) in [5.41, 5.74) is 0.480. The number of hydrogen-bond acceptors (Lipinski definition) is 3. The van der Waals surface area contributed by atoms with Gasteiger partial charge in [-0.1, -0.05) is 44.2 Å². The molecule has 3 aliphatic rings. The highest BCUT2D eigenvalue weighted by Gasteiger charge is 2.65. The Morgan fingerprint density at radius 1 is 1.07 bits per heavy atom. The minimum absolute atomic E-state index is 0.0195. The molecule has 2 unspecified atom stereocenters. The Morgan fingerprint density at radius 3 is 2.30 bits per heavy atom. The lowest BCUT2D eigenvalue weighted by molar-refractivity contribution is -0.128. The van der Waals surface area contributed by atoms with Crippen LogP contribution in [0.2, 0.25) is 0 Å². The zero-order chi connectivity index (χ0) is 19.3. The number of benzene rings is 1. The van der Waals surface area contributed by atoms with Gasteiger partial charge in [-0.3, -0.25) is 4.79 Å². The van der Waals surface area contributed by atoms with Crippen molar-refractivity contribution in [1.29, 1.82) is 0 Å². The number of Topliss-reactive ketones (excluding diaryl/α,β-unsaturated/α-hetero) is 1. The van der Waals surface area contributed by atoms with Gasteiger partial charge in [-0.05, 0) is 54.9 Å². The van der Waals surface area contributed by atoms with Crippen LogP contribution in [0.4, 0.5) is 0 Å². The van der Waals surface area contributed by atoms with Gasteiger partial charge in [-0.15, -0.1) is 0 Å². The Balaban J connectivity index is 1.41. The molecular weight excluding hydrogens is 358 g/mol. The van der Waals surface area contributed by atoms with Crippen LogP contribution in [-0.4, -0.2) is 37.3 Å². The van der Waals surface area contributed by atoms with Crippen LogP contribution in [0.15, 0.2) is 30.3 Å². The number of sulfonamides is 1. The monoisotopic (exact) mass is 389 g/mol. The standard InChI is InChI=1S/C22H31NO3S/c1-21(2)19-8-11-22(21,20(24)15-19)16-27(25,26)23-12-9-18(10-13-23)14-17-6-4-3-5-7-17/h3-7,18-19H,8-16H2,1-2H3. The molecule has 0 spiro atoms. The molecule has 1 heterocycles. The Bertz CT molecular complexity index is 809. The molecule has 1 aromatic rings. The summed E-state index contributed by atoms with van der Waals surface area (Å²) >= 11 is 0. The molecule has 2 aliphatic carbocycles. The molecule has 148 valence electrons. The molecule has 0 aromatic heterocycles. The molecular formula is C22H31NO3S. The molecule has 2 bridgehead atoms. The Morgan fingerprint density at radius 2 is 1.74 bits per heavy atom. The summed E-state index contributed by atoms with van der Waals surface area (Å²) < 4.78 is 28.1. The maximum Gasteiger partial charge on any atom is 0.215 e. The van der Waals surface area contributed by atoms with Gasteiger partial charge in [0.1, 0.15) is 5.78 Å². The topological polar surface area (TPSA) is 54.5 Å². The van der Waals surface area contributed by atoms with Gasteiger partial charge in [0.05, 0.1) is 5.75 Å². The van der Waals surface area contributed by atoms with Crippen molar-refractivity contribution in [2.45, 2.75) is 52.4 Å². The van der Waals surface area contributed by atoms with Crippen LogP contribution < -0.4 is 0 Å². The van der Waals surface area contributed by atoms with Crippen LogP contribution >= 0.6 is 0 Å². The summed E-state index contributed by atoms with van der Waals surface area (Å²) in [6, 6.07) is 10.4. The van der Waals surface area contributed by atoms with Crippen LogP contribution in [0, 0.1) is 22.7 Å². The first-order valence-corrected chi connectivity index (χ1v) is 11.9. The highest BCUT2D eigenvalue weighted by molar-refractivity contribution is 7.89. The number of rotatable bonds is 5. The van der Waals surface area contributed by atoms with Crippen molar-refractivity contribution in [1.82, 2.24) is 4.31 Å². The third kappa shape index (κ3) is 3.17. The zero-order valence-corrected chi connectivity index (χ0v) is 17.3. The van der Waals surface area contributed by atoms with Crippen molar-refractivity contribution in [2.24, 2.45) is 22.7 Å². The third-order valence-electron chi connectivity index (χ3n) is 7.90. The molecule has 0 radical (unpaired) electrons. The summed E-state index contributed by atoms with van der Waals surface area (Å²) in [4.78, 5) is 12.7. The maximum absolute atomic E-state index is 13.2. The van der Waals surface area contributed by atoms with E-state index in [1.165, 1.54) is 5.56 Å². The first kappa shape index (κ1) is 19.1. The highest BCUT2D eigenvalue weighted by Crippen LogP contribution is 2.64. The lowest BCUT2D eigenvalue weighted by atomic mass is 9.70. The number of piperidine rings is 1. The fraction of sp³-hybridized carbons (Fsp3) is 0.682. The molecule has 27 heavy (non-hydrogen) atoms. The van der Waals surface area contributed by atoms with E-state index < -0.39 is 15.4 Å². The van der Waals surface area contributed by atoms with Gasteiger partial charge in [0.25, 0.3) is 0 Å². The van der Waals surface area contributed by atoms with E-state index >= 15 is 0 Å². The number of hydrogen-bond donors (Lipinski definition) is 0. The lowest BCUT2D eigenvalue weighted by Gasteiger charge is -2.39. The fourth-order valence-electron chi connectivity index (χ4n) is 5.85. The normalized spacial score (nSPS) is 31.5. The van der Waals surface area contributed by atoms with E-state index in [9.17, 15) is 13.2 Å². The second-order valence-electron chi connectivity index (χ2n) is 9.46. The van der Waals surface area contributed by atoms with Crippen LogP contribution in [-0.2, 0) is 21.2 Å². The van der Waals surface area contributed by atoms with Crippen molar-refractivity contribution in [3.05, 3.63) is 35.9 Å². The van der Waals surface area contributed by atoms with Crippen molar-refractivity contribution in [2.75, 3.05) is 18.8 Å². The van der Waals surface area contributed by atoms with Crippen molar-refractivity contribution < 1.29 is 13.2 Å². The van der Waals surface area contributed by atoms with E-state index in [0.29, 0.717) is 31.3 Å². The van der Waals surface area contributed by atoms with Crippen molar-refractivity contribution >= 4 is 15.8 Å². The van der Waals surface area contributed by atoms with Crippen LogP contribution in [0.25, 0.3) is 0 Å². The van der Waals surface area contributed by atoms with E-state index in [4.69, 9.17) is 0 Å². The molecule has 3 fully saturated rings. The van der Waals surface area contributed by atoms with Gasteiger partial charge in [0, 0.05) is 24.9 Å². The lowest BCUT2D eigenvalue weighted by Crippen LogP contribution is -2.48. The molecule has 1 aromatic carbocycles. The summed E-state index contributed by atoms with van der Waals surface area (Å²) in [7, 11) is -3.40. The first-order valence-electron chi connectivity index (χ1n) is 10.3. The van der Waals surface area contributed by atoms with Gasteiger partial charge in [-0.25, -0.2) is 12.7 Å². The molecule has 2 atom stereocenters. The second kappa shape index (κ2) is 6.70. The number of nitrogens with zero attached hydrogens (tertiary/aromatic N) is 1. The SMILES string of the molecule is CC1(C)C2CCC1(CS(=O)(=O)N1CCC(Cc3ccccc3)CC1)C(=O)C2. The molecule has 5 heteroatoms. The molecule has 2 saturated carbocycles. The predicted octanol–water partition coefficient (Wildman–Crippen LogP) is 3.67. The third-order valence-corrected chi connectivity index (χ3v) is 9.91. The molecule has 1 saturated heterocycles. The summed E-state index contributed by atoms with van der Waals surface area (Å²) in [5, 5.41) is 0. The fourth-order valence-corrected chi connectivity index (χ4v) is 8.10. The molecule has 4 nitrogen and oxygen atoms in total. The summed E-state index contributed by atoms with van der Waals surface area (Å²) in [5.74, 6) is 1.10. The number of carbonyl (C=O) groups excluding carboxylic acids is 1. The van der Waals surface area contributed by atoms with E-state index in [2.05, 4.69) is 38.1 Å². The smallest absolute Gasteiger partial charge is 0.215 e. The van der Waals surface area contributed by atoms with Crippen molar-refractivity contribution in [3.8, 4) is 0 Å². The predicted molar refractivity (Wildman–Crippen MR) is 107 cm³/mol. The van der Waals surface area contributed by atoms with Gasteiger partial charge in [0.15, 0.2) is 0 Å². The summed E-state index contributed by atoms with van der Waals surface area (Å²) in [6.45, 7) is 5.40. The first-order chi connectivity index (χ1) is 12.7. The Hall–Kier alpha value is -1.20. The van der Waals surface area contributed by atoms with E-state index in [1.54, 1.807) is 4.31 Å². The summed E-state index contributed by atoms with van der Waals surface area (Å²) in [6.07, 6.45) is 5.14. The molecule has 0 amide bonds. The second-order valence-corrected chi connectivity index (χ2v) is 11.4.